The van der Waals surface area contributed by atoms with Crippen molar-refractivity contribution >= 4 is 29.0 Å². The standard InChI is InChI=1S/C24H26N4O3S/c1-17-15-25-22(14-18-2-6-20(7-3-18)28-10-12-31-13-11-28)27-24(17)32-21-8-4-19(5-9-21)26-23(30)16-29/h2-9,15,29H,10-14,16H2,1H3,(H,26,30). The lowest BCUT2D eigenvalue weighted by Gasteiger charge is -2.28. The first kappa shape index (κ1) is 22.3. The normalized spacial score (nSPS) is 13.8. The van der Waals surface area contributed by atoms with Crippen LogP contribution in [0.3, 0.4) is 0 Å². The largest absolute Gasteiger partial charge is 0.387 e. The molecule has 1 aliphatic rings. The Balaban J connectivity index is 1.41. The summed E-state index contributed by atoms with van der Waals surface area (Å²) in [5, 5.41) is 12.4. The van der Waals surface area contributed by atoms with Crippen molar-refractivity contribution in [3.8, 4) is 0 Å². The highest BCUT2D eigenvalue weighted by molar-refractivity contribution is 7.99. The Morgan fingerprint density at radius 3 is 2.53 bits per heavy atom. The second kappa shape index (κ2) is 10.6. The van der Waals surface area contributed by atoms with Gasteiger partial charge in [0.05, 0.1) is 13.2 Å². The van der Waals surface area contributed by atoms with E-state index in [1.54, 1.807) is 11.8 Å². The third kappa shape index (κ3) is 5.85. The van der Waals surface area contributed by atoms with Gasteiger partial charge in [-0.25, -0.2) is 9.97 Å². The summed E-state index contributed by atoms with van der Waals surface area (Å²) in [5.41, 5.74) is 4.05. The summed E-state index contributed by atoms with van der Waals surface area (Å²) in [4.78, 5) is 23.9. The summed E-state index contributed by atoms with van der Waals surface area (Å²) in [6, 6.07) is 16.0. The molecule has 2 N–H and O–H groups in total. The quantitative estimate of drug-likeness (QED) is 0.534. The molecule has 0 unspecified atom stereocenters. The number of nitrogens with zero attached hydrogens (tertiary/aromatic N) is 3. The van der Waals surface area contributed by atoms with Crippen molar-refractivity contribution in [3.05, 3.63) is 71.7 Å². The topological polar surface area (TPSA) is 87.6 Å². The number of aliphatic hydroxyl groups is 1. The minimum atomic E-state index is -0.532. The average molecular weight is 451 g/mol. The maximum atomic E-state index is 11.3. The van der Waals surface area contributed by atoms with Crippen LogP contribution in [0.2, 0.25) is 0 Å². The molecule has 0 saturated carbocycles. The molecule has 0 atom stereocenters. The molecule has 0 spiro atoms. The average Bonchev–Trinajstić information content (AvgIpc) is 2.83. The lowest BCUT2D eigenvalue weighted by atomic mass is 10.1. The molecule has 4 rings (SSSR count). The molecule has 1 fully saturated rings. The molecule has 0 radical (unpaired) electrons. The summed E-state index contributed by atoms with van der Waals surface area (Å²) >= 11 is 1.56. The van der Waals surface area contributed by atoms with Crippen molar-refractivity contribution in [2.45, 2.75) is 23.3 Å². The Bertz CT molecular complexity index is 1050. The molecule has 0 aliphatic carbocycles. The van der Waals surface area contributed by atoms with Gasteiger partial charge in [-0.15, -0.1) is 0 Å². The van der Waals surface area contributed by atoms with Crippen molar-refractivity contribution in [1.29, 1.82) is 0 Å². The number of carbonyl (C=O) groups excluding carboxylic acids is 1. The molecule has 2 aromatic carbocycles. The number of benzene rings is 2. The highest BCUT2D eigenvalue weighted by atomic mass is 32.2. The van der Waals surface area contributed by atoms with Gasteiger partial charge in [-0.05, 0) is 54.4 Å². The number of aromatic nitrogens is 2. The van der Waals surface area contributed by atoms with Gasteiger partial charge >= 0.3 is 0 Å². The summed E-state index contributed by atoms with van der Waals surface area (Å²) in [7, 11) is 0. The first-order chi connectivity index (χ1) is 15.6. The van der Waals surface area contributed by atoms with Crippen molar-refractivity contribution in [2.24, 2.45) is 0 Å². The van der Waals surface area contributed by atoms with Crippen LogP contribution in [-0.2, 0) is 16.0 Å². The zero-order valence-electron chi connectivity index (χ0n) is 18.0. The number of nitrogens with one attached hydrogen (secondary N) is 1. The van der Waals surface area contributed by atoms with Gasteiger partial charge in [-0.2, -0.15) is 0 Å². The number of hydrogen-bond donors (Lipinski definition) is 2. The van der Waals surface area contributed by atoms with Crippen molar-refractivity contribution in [3.63, 3.8) is 0 Å². The van der Waals surface area contributed by atoms with Crippen molar-refractivity contribution < 1.29 is 14.6 Å². The van der Waals surface area contributed by atoms with E-state index in [1.807, 2.05) is 37.4 Å². The maximum absolute atomic E-state index is 11.3. The molecular weight excluding hydrogens is 424 g/mol. The van der Waals surface area contributed by atoms with E-state index in [4.69, 9.17) is 14.8 Å². The van der Waals surface area contributed by atoms with E-state index >= 15 is 0 Å². The molecule has 1 aliphatic heterocycles. The highest BCUT2D eigenvalue weighted by Crippen LogP contribution is 2.29. The zero-order valence-corrected chi connectivity index (χ0v) is 18.8. The summed E-state index contributed by atoms with van der Waals surface area (Å²) in [5.74, 6) is 0.351. The molecule has 3 aromatic rings. The predicted molar refractivity (Wildman–Crippen MR) is 125 cm³/mol. The first-order valence-corrected chi connectivity index (χ1v) is 11.3. The molecule has 166 valence electrons. The fourth-order valence-electron chi connectivity index (χ4n) is 3.40. The van der Waals surface area contributed by atoms with Crippen LogP contribution in [0.4, 0.5) is 11.4 Å². The fourth-order valence-corrected chi connectivity index (χ4v) is 4.26. The van der Waals surface area contributed by atoms with Crippen LogP contribution < -0.4 is 10.2 Å². The van der Waals surface area contributed by atoms with Gasteiger partial charge in [0.25, 0.3) is 0 Å². The van der Waals surface area contributed by atoms with Crippen molar-refractivity contribution in [1.82, 2.24) is 9.97 Å². The number of amides is 1. The first-order valence-electron chi connectivity index (χ1n) is 10.5. The van der Waals surface area contributed by atoms with Gasteiger partial charge in [0.2, 0.25) is 5.91 Å². The van der Waals surface area contributed by atoms with Gasteiger partial charge in [-0.3, -0.25) is 4.79 Å². The summed E-state index contributed by atoms with van der Waals surface area (Å²) in [6.45, 7) is 4.87. The molecule has 1 amide bonds. The number of rotatable bonds is 7. The third-order valence-corrected chi connectivity index (χ3v) is 6.26. The number of hydrogen-bond acceptors (Lipinski definition) is 7. The van der Waals surface area contributed by atoms with E-state index in [0.29, 0.717) is 12.1 Å². The molecule has 8 heteroatoms. The molecule has 0 bridgehead atoms. The van der Waals surface area contributed by atoms with E-state index < -0.39 is 12.5 Å². The summed E-state index contributed by atoms with van der Waals surface area (Å²) < 4.78 is 5.43. The Hall–Kier alpha value is -2.94. The molecule has 7 nitrogen and oxygen atoms in total. The lowest BCUT2D eigenvalue weighted by molar-refractivity contribution is -0.118. The van der Waals surface area contributed by atoms with Gasteiger partial charge in [0, 0.05) is 42.0 Å². The van der Waals surface area contributed by atoms with E-state index in [0.717, 1.165) is 47.6 Å². The van der Waals surface area contributed by atoms with Crippen LogP contribution in [0.5, 0.6) is 0 Å². The monoisotopic (exact) mass is 450 g/mol. The van der Waals surface area contributed by atoms with E-state index in [-0.39, 0.29) is 0 Å². The van der Waals surface area contributed by atoms with E-state index in [9.17, 15) is 4.79 Å². The Labute approximate surface area is 191 Å². The Morgan fingerprint density at radius 2 is 1.84 bits per heavy atom. The van der Waals surface area contributed by atoms with Crippen LogP contribution in [0.25, 0.3) is 0 Å². The zero-order chi connectivity index (χ0) is 22.3. The van der Waals surface area contributed by atoms with Crippen LogP contribution >= 0.6 is 11.8 Å². The summed E-state index contributed by atoms with van der Waals surface area (Å²) in [6.07, 6.45) is 2.53. The van der Waals surface area contributed by atoms with Crippen molar-refractivity contribution in [2.75, 3.05) is 43.1 Å². The number of anilines is 2. The number of aryl methyl sites for hydroxylation is 1. The Morgan fingerprint density at radius 1 is 1.12 bits per heavy atom. The SMILES string of the molecule is Cc1cnc(Cc2ccc(N3CCOCC3)cc2)nc1Sc1ccc(NC(=O)CO)cc1. The minimum Gasteiger partial charge on any atom is -0.387 e. The van der Waals surface area contributed by atoms with E-state index in [1.165, 1.54) is 11.3 Å². The second-order valence-electron chi connectivity index (χ2n) is 7.55. The molecule has 32 heavy (non-hydrogen) atoms. The fraction of sp³-hybridized carbons (Fsp3) is 0.292. The third-order valence-electron chi connectivity index (χ3n) is 5.15. The number of aliphatic hydroxyl groups excluding tert-OH is 1. The smallest absolute Gasteiger partial charge is 0.250 e. The van der Waals surface area contributed by atoms with Gasteiger partial charge in [0.15, 0.2) is 0 Å². The van der Waals surface area contributed by atoms with Crippen LogP contribution in [0, 0.1) is 6.92 Å². The number of morpholine rings is 1. The predicted octanol–water partition coefficient (Wildman–Crippen LogP) is 3.29. The highest BCUT2D eigenvalue weighted by Gasteiger charge is 2.12. The minimum absolute atomic E-state index is 0.431. The Kier molecular flexibility index (Phi) is 7.36. The molecular formula is C24H26N4O3S. The maximum Gasteiger partial charge on any atom is 0.250 e. The van der Waals surface area contributed by atoms with Gasteiger partial charge < -0.3 is 20.1 Å². The number of carbonyl (C=O) groups is 1. The molecule has 1 aromatic heterocycles. The van der Waals surface area contributed by atoms with E-state index in [2.05, 4.69) is 39.5 Å². The van der Waals surface area contributed by atoms with Crippen LogP contribution in [0.15, 0.2) is 64.6 Å². The van der Waals surface area contributed by atoms with Crippen LogP contribution in [0.1, 0.15) is 17.0 Å². The number of ether oxygens (including phenoxy) is 1. The van der Waals surface area contributed by atoms with Gasteiger partial charge in [0.1, 0.15) is 17.5 Å². The van der Waals surface area contributed by atoms with Gasteiger partial charge in [-0.1, -0.05) is 23.9 Å². The van der Waals surface area contributed by atoms with Crippen LogP contribution in [-0.4, -0.2) is 53.9 Å². The lowest BCUT2D eigenvalue weighted by Crippen LogP contribution is -2.36. The second-order valence-corrected chi connectivity index (χ2v) is 8.61. The molecule has 2 heterocycles. The molecule has 1 saturated heterocycles.